The summed E-state index contributed by atoms with van der Waals surface area (Å²) in [6, 6.07) is 16.3. The number of amides is 2. The quantitative estimate of drug-likeness (QED) is 0.588. The molecule has 2 aromatic rings. The number of aliphatic carboxylic acids is 1. The molecule has 1 aliphatic carbocycles. The highest BCUT2D eigenvalue weighted by Gasteiger charge is 2.43. The van der Waals surface area contributed by atoms with Gasteiger partial charge in [0, 0.05) is 18.4 Å². The van der Waals surface area contributed by atoms with Gasteiger partial charge in [-0.05, 0) is 35.6 Å². The number of rotatable bonds is 9. The predicted octanol–water partition coefficient (Wildman–Crippen LogP) is 3.25. The second kappa shape index (κ2) is 9.85. The Bertz CT molecular complexity index is 1030. The van der Waals surface area contributed by atoms with E-state index in [1.165, 1.54) is 11.1 Å². The summed E-state index contributed by atoms with van der Waals surface area (Å²) in [6.45, 7) is 4.53. The topological polar surface area (TPSA) is 105 Å². The van der Waals surface area contributed by atoms with Gasteiger partial charge >= 0.3 is 12.1 Å². The van der Waals surface area contributed by atoms with Crippen molar-refractivity contribution in [2.75, 3.05) is 32.8 Å². The fourth-order valence-electron chi connectivity index (χ4n) is 4.72. The average Bonchev–Trinajstić information content (AvgIpc) is 3.13. The maximum atomic E-state index is 12.6. The van der Waals surface area contributed by atoms with Gasteiger partial charge in [-0.3, -0.25) is 4.79 Å². The van der Waals surface area contributed by atoms with E-state index in [2.05, 4.69) is 29.6 Å². The summed E-state index contributed by atoms with van der Waals surface area (Å²) in [5, 5.41) is 11.5. The van der Waals surface area contributed by atoms with Gasteiger partial charge in [-0.1, -0.05) is 55.5 Å². The monoisotopic (exact) mass is 466 g/mol. The Morgan fingerprint density at radius 1 is 1.09 bits per heavy atom. The highest BCUT2D eigenvalue weighted by molar-refractivity contribution is 5.80. The summed E-state index contributed by atoms with van der Waals surface area (Å²) in [7, 11) is 0. The van der Waals surface area contributed by atoms with Crippen molar-refractivity contribution in [2.24, 2.45) is 5.92 Å². The summed E-state index contributed by atoms with van der Waals surface area (Å²) in [5.41, 5.74) is 4.05. The van der Waals surface area contributed by atoms with Crippen molar-refractivity contribution in [1.29, 1.82) is 0 Å². The van der Waals surface area contributed by atoms with Gasteiger partial charge in [0.25, 0.3) is 0 Å². The van der Waals surface area contributed by atoms with Crippen LogP contribution in [0.15, 0.2) is 48.5 Å². The van der Waals surface area contributed by atoms with Crippen molar-refractivity contribution in [3.05, 3.63) is 59.7 Å². The predicted molar refractivity (Wildman–Crippen MR) is 125 cm³/mol. The summed E-state index contributed by atoms with van der Waals surface area (Å²) < 4.78 is 10.9. The maximum Gasteiger partial charge on any atom is 0.407 e. The van der Waals surface area contributed by atoms with Gasteiger partial charge in [0.2, 0.25) is 5.91 Å². The van der Waals surface area contributed by atoms with Gasteiger partial charge in [0.05, 0.1) is 13.1 Å². The van der Waals surface area contributed by atoms with Gasteiger partial charge in [-0.25, -0.2) is 9.59 Å². The average molecular weight is 467 g/mol. The van der Waals surface area contributed by atoms with Gasteiger partial charge in [-0.2, -0.15) is 0 Å². The fourth-order valence-corrected chi connectivity index (χ4v) is 4.72. The van der Waals surface area contributed by atoms with Gasteiger partial charge < -0.3 is 24.8 Å². The number of likely N-dealkylation sites (tertiary alicyclic amines) is 1. The van der Waals surface area contributed by atoms with Gasteiger partial charge in [-0.15, -0.1) is 0 Å². The highest BCUT2D eigenvalue weighted by Crippen LogP contribution is 2.44. The Labute approximate surface area is 198 Å². The second-order valence-electron chi connectivity index (χ2n) is 9.27. The number of hydrogen-bond donors (Lipinski definition) is 2. The summed E-state index contributed by atoms with van der Waals surface area (Å²) >= 11 is 0. The van der Waals surface area contributed by atoms with Crippen molar-refractivity contribution < 1.29 is 29.0 Å². The lowest BCUT2D eigenvalue weighted by Gasteiger charge is -2.48. The van der Waals surface area contributed by atoms with Crippen molar-refractivity contribution in [3.63, 3.8) is 0 Å². The van der Waals surface area contributed by atoms with E-state index in [4.69, 9.17) is 14.6 Å². The molecular weight excluding hydrogens is 436 g/mol. The van der Waals surface area contributed by atoms with Crippen LogP contribution in [0, 0.1) is 5.92 Å². The van der Waals surface area contributed by atoms with Crippen molar-refractivity contribution in [2.45, 2.75) is 31.8 Å². The molecule has 34 heavy (non-hydrogen) atoms. The molecule has 2 aliphatic rings. The molecule has 1 fully saturated rings. The van der Waals surface area contributed by atoms with Crippen LogP contribution in [0.1, 0.15) is 37.3 Å². The number of carbonyl (C=O) groups excluding carboxylic acids is 2. The molecule has 1 atom stereocenters. The molecule has 0 bridgehead atoms. The molecular formula is C26H30N2O6. The van der Waals surface area contributed by atoms with Crippen molar-refractivity contribution in [1.82, 2.24) is 10.2 Å². The molecule has 4 rings (SSSR count). The molecule has 0 spiro atoms. The van der Waals surface area contributed by atoms with Gasteiger partial charge in [0.15, 0.2) is 0 Å². The lowest BCUT2D eigenvalue weighted by atomic mass is 9.93. The van der Waals surface area contributed by atoms with E-state index < -0.39 is 17.7 Å². The van der Waals surface area contributed by atoms with Crippen LogP contribution in [-0.2, 0) is 19.1 Å². The Kier molecular flexibility index (Phi) is 6.88. The normalized spacial score (nSPS) is 16.7. The smallest absolute Gasteiger partial charge is 0.407 e. The SMILES string of the molecule is CC(CCNC(=O)OCC1c2ccccc2-c2ccccc21)C(=O)N1CC(C)(OCC(=O)O)C1. The van der Waals surface area contributed by atoms with Crippen LogP contribution in [0.5, 0.6) is 0 Å². The molecule has 1 unspecified atom stereocenters. The molecule has 1 heterocycles. The largest absolute Gasteiger partial charge is 0.480 e. The number of carbonyl (C=O) groups is 3. The number of nitrogens with one attached hydrogen (secondary N) is 1. The minimum absolute atomic E-state index is 0.00252. The highest BCUT2D eigenvalue weighted by atomic mass is 16.5. The first-order valence-corrected chi connectivity index (χ1v) is 11.5. The number of nitrogens with zero attached hydrogens (tertiary/aromatic N) is 1. The third-order valence-electron chi connectivity index (χ3n) is 6.52. The van der Waals surface area contributed by atoms with Crippen molar-refractivity contribution in [3.8, 4) is 11.1 Å². The molecule has 0 radical (unpaired) electrons. The Balaban J connectivity index is 1.20. The summed E-state index contributed by atoms with van der Waals surface area (Å²) in [4.78, 5) is 37.2. The van der Waals surface area contributed by atoms with Crippen LogP contribution in [0.25, 0.3) is 11.1 Å². The van der Waals surface area contributed by atoms with E-state index >= 15 is 0 Å². The molecule has 8 nitrogen and oxygen atoms in total. The van der Waals surface area contributed by atoms with E-state index in [0.717, 1.165) is 11.1 Å². The third-order valence-corrected chi connectivity index (χ3v) is 6.52. The lowest BCUT2D eigenvalue weighted by molar-refractivity contribution is -0.175. The minimum Gasteiger partial charge on any atom is -0.480 e. The van der Waals surface area contributed by atoms with Crippen molar-refractivity contribution >= 4 is 18.0 Å². The first-order valence-electron chi connectivity index (χ1n) is 11.5. The zero-order chi connectivity index (χ0) is 24.3. The van der Waals surface area contributed by atoms with Crippen LogP contribution in [0.2, 0.25) is 0 Å². The molecule has 0 aromatic heterocycles. The molecule has 8 heteroatoms. The van der Waals surface area contributed by atoms with E-state index in [9.17, 15) is 14.4 Å². The number of ether oxygens (including phenoxy) is 2. The first-order chi connectivity index (χ1) is 16.3. The zero-order valence-corrected chi connectivity index (χ0v) is 19.5. The van der Waals surface area contributed by atoms with Crippen LogP contribution >= 0.6 is 0 Å². The molecule has 0 saturated carbocycles. The zero-order valence-electron chi connectivity index (χ0n) is 19.5. The van der Waals surface area contributed by atoms with E-state index in [0.29, 0.717) is 26.1 Å². The lowest BCUT2D eigenvalue weighted by Crippen LogP contribution is -2.64. The number of alkyl carbamates (subject to hydrolysis) is 1. The van der Waals surface area contributed by atoms with Crippen LogP contribution in [0.3, 0.4) is 0 Å². The number of carboxylic acid groups (broad SMARTS) is 1. The minimum atomic E-state index is -1.03. The molecule has 2 amide bonds. The summed E-state index contributed by atoms with van der Waals surface area (Å²) in [5.74, 6) is -1.34. The van der Waals surface area contributed by atoms with Crippen LogP contribution in [-0.4, -0.2) is 66.4 Å². The Morgan fingerprint density at radius 3 is 2.26 bits per heavy atom. The molecule has 2 aromatic carbocycles. The number of hydrogen-bond acceptors (Lipinski definition) is 5. The number of carboxylic acids is 1. The molecule has 1 saturated heterocycles. The molecule has 180 valence electrons. The fraction of sp³-hybridized carbons (Fsp3) is 0.423. The molecule has 1 aliphatic heterocycles. The van der Waals surface area contributed by atoms with Crippen LogP contribution in [0.4, 0.5) is 4.79 Å². The maximum absolute atomic E-state index is 12.6. The Hall–Kier alpha value is -3.39. The van der Waals surface area contributed by atoms with Crippen LogP contribution < -0.4 is 5.32 Å². The second-order valence-corrected chi connectivity index (χ2v) is 9.27. The van der Waals surface area contributed by atoms with Gasteiger partial charge in [0.1, 0.15) is 18.8 Å². The molecule has 2 N–H and O–H groups in total. The number of fused-ring (bicyclic) bond motifs is 3. The first kappa shape index (κ1) is 23.8. The van der Waals surface area contributed by atoms with E-state index in [1.54, 1.807) is 11.8 Å². The Morgan fingerprint density at radius 2 is 1.68 bits per heavy atom. The standard InChI is InChI=1S/C26H30N2O6/c1-17(24(31)28-15-26(2,16-28)34-14-23(29)30)11-12-27-25(32)33-13-22-20-9-5-3-7-18(20)19-8-4-6-10-21(19)22/h3-10,17,22H,11-16H2,1-2H3,(H,27,32)(H,29,30). The summed E-state index contributed by atoms with van der Waals surface area (Å²) in [6.07, 6.45) is -0.0215. The van der Waals surface area contributed by atoms with E-state index in [-0.39, 0.29) is 31.0 Å². The third kappa shape index (κ3) is 5.07. The van der Waals surface area contributed by atoms with E-state index in [1.807, 2.05) is 31.2 Å². The number of benzene rings is 2.